The van der Waals surface area contributed by atoms with E-state index in [0.29, 0.717) is 6.61 Å². The monoisotopic (exact) mass is 1050 g/mol. The zero-order chi connectivity index (χ0) is 19.0. The molecule has 2 fully saturated rings. The van der Waals surface area contributed by atoms with E-state index in [-0.39, 0.29) is 163 Å². The van der Waals surface area contributed by atoms with Crippen LogP contribution in [0.15, 0.2) is 5.11 Å². The van der Waals surface area contributed by atoms with E-state index in [4.69, 9.17) is 44.5 Å². The van der Waals surface area contributed by atoms with Gasteiger partial charge in [0, 0.05) is 158 Å². The van der Waals surface area contributed by atoms with Gasteiger partial charge in [0.1, 0.15) is 36.6 Å². The van der Waals surface area contributed by atoms with Crippen molar-refractivity contribution in [3.05, 3.63) is 10.4 Å². The van der Waals surface area contributed by atoms with Gasteiger partial charge >= 0.3 is 0 Å². The molecule has 0 bridgehead atoms. The number of ether oxygens (including phenoxy) is 5. The summed E-state index contributed by atoms with van der Waals surface area (Å²) in [7, 11) is 4.98. The van der Waals surface area contributed by atoms with Crippen LogP contribution < -0.4 is 0 Å². The molecule has 2 aliphatic heterocycles. The van der Waals surface area contributed by atoms with Crippen LogP contribution in [0.1, 0.15) is 6.92 Å². The Bertz CT molecular complexity index is 450. The fraction of sp³-hybridized carbons (Fsp3) is 1.00. The Kier molecular flexibility index (Phi) is 25.3. The van der Waals surface area contributed by atoms with Crippen LogP contribution >= 0.6 is 0 Å². The number of methoxy groups -OCH3 is 3. The van der Waals surface area contributed by atoms with Crippen molar-refractivity contribution in [3.63, 3.8) is 0 Å². The second-order valence-corrected chi connectivity index (χ2v) is 5.69. The SMILES string of the molecule is CO[C@@H]1[C@@H](OC)[C@H](OC)CO[C@H]1C.[Ac].[Ac].[Ac].[N-]=[N+]=N[C@@H]1OC[C@@H](O)[C@H](O)[C@H]1O. The Morgan fingerprint density at radius 1 is 0.893 bits per heavy atom. The molecule has 155 valence electrons. The fourth-order valence-electron chi connectivity index (χ4n) is 2.67. The van der Waals surface area contributed by atoms with Crippen molar-refractivity contribution >= 4 is 0 Å². The molecule has 11 nitrogen and oxygen atoms in total. The number of hydrogen-bond donors (Lipinski definition) is 3. The summed E-state index contributed by atoms with van der Waals surface area (Å²) >= 11 is 0. The second-order valence-electron chi connectivity index (χ2n) is 5.69. The Morgan fingerprint density at radius 3 is 1.93 bits per heavy atom. The summed E-state index contributed by atoms with van der Waals surface area (Å²) in [5.74, 6) is 0. The smallest absolute Gasteiger partial charge is 0.165 e. The molecule has 2 rings (SSSR count). The summed E-state index contributed by atoms with van der Waals surface area (Å²) in [6, 6.07) is 0. The van der Waals surface area contributed by atoms with E-state index in [0.717, 1.165) is 0 Å². The molecule has 0 spiro atoms. The van der Waals surface area contributed by atoms with Gasteiger partial charge < -0.3 is 39.0 Å². The molecule has 0 aromatic carbocycles. The van der Waals surface area contributed by atoms with Crippen molar-refractivity contribution in [2.45, 2.75) is 55.9 Å². The third-order valence-corrected chi connectivity index (χ3v) is 4.16. The Morgan fingerprint density at radius 2 is 1.46 bits per heavy atom. The molecule has 0 aliphatic carbocycles. The Labute approximate surface area is 272 Å². The van der Waals surface area contributed by atoms with E-state index >= 15 is 0 Å². The maximum atomic E-state index is 9.14. The van der Waals surface area contributed by atoms with Crippen LogP contribution in [0.25, 0.3) is 10.4 Å². The number of hydrogen-bond acceptors (Lipinski definition) is 9. The van der Waals surface area contributed by atoms with Crippen LogP contribution in [0.3, 0.4) is 0 Å². The topological polar surface area (TPSA) is 156 Å². The molecule has 28 heavy (non-hydrogen) atoms. The summed E-state index contributed by atoms with van der Waals surface area (Å²) in [4.78, 5) is 2.42. The van der Waals surface area contributed by atoms with Crippen LogP contribution in [0.2, 0.25) is 0 Å². The van der Waals surface area contributed by atoms with Crippen LogP contribution in [-0.4, -0.2) is 98.8 Å². The zero-order valence-electron chi connectivity index (χ0n) is 16.5. The molecule has 0 aromatic heterocycles. The van der Waals surface area contributed by atoms with Gasteiger partial charge in [-0.05, 0) is 12.5 Å². The number of azide groups is 1. The van der Waals surface area contributed by atoms with Crippen molar-refractivity contribution in [1.29, 1.82) is 0 Å². The fourth-order valence-corrected chi connectivity index (χ4v) is 2.67. The summed E-state index contributed by atoms with van der Waals surface area (Å²) in [6.45, 7) is 2.39. The minimum atomic E-state index is -1.37. The minimum Gasteiger partial charge on any atom is -0.388 e. The van der Waals surface area contributed by atoms with Crippen molar-refractivity contribution in [1.82, 2.24) is 0 Å². The molecule has 0 unspecified atom stereocenters. The maximum Gasteiger partial charge on any atom is 0.165 e. The number of aliphatic hydroxyl groups is 3. The molecule has 8 atom stereocenters. The van der Waals surface area contributed by atoms with E-state index in [1.807, 2.05) is 6.92 Å². The van der Waals surface area contributed by atoms with Gasteiger partial charge in [-0.25, -0.2) is 0 Å². The summed E-state index contributed by atoms with van der Waals surface area (Å²) < 4.78 is 26.1. The largest absolute Gasteiger partial charge is 0.388 e. The quantitative estimate of drug-likeness (QED) is 0.188. The molecular weight excluding hydrogens is 1020 g/mol. The Balaban J connectivity index is -0.000000404. The minimum absolute atomic E-state index is 0. The molecular formula is C14H27Ac3N3O8. The first-order valence-electron chi connectivity index (χ1n) is 7.81. The van der Waals surface area contributed by atoms with Crippen molar-refractivity contribution < 1.29 is 171 Å². The summed E-state index contributed by atoms with van der Waals surface area (Å²) in [5.41, 5.74) is 8.01. The van der Waals surface area contributed by atoms with Crippen molar-refractivity contribution in [3.8, 4) is 0 Å². The average molecular weight is 1050 g/mol. The molecule has 3 radical (unpaired) electrons. The average Bonchev–Trinajstić information content (AvgIpc) is 2.62. The zero-order valence-corrected chi connectivity index (χ0v) is 30.7. The van der Waals surface area contributed by atoms with Gasteiger partial charge in [-0.15, -0.1) is 0 Å². The van der Waals surface area contributed by atoms with Crippen LogP contribution in [0, 0.1) is 132 Å². The van der Waals surface area contributed by atoms with Crippen molar-refractivity contribution in [2.24, 2.45) is 5.11 Å². The third-order valence-electron chi connectivity index (χ3n) is 4.16. The van der Waals surface area contributed by atoms with Gasteiger partial charge in [-0.3, -0.25) is 0 Å². The molecule has 14 heteroatoms. The third kappa shape index (κ3) is 11.0. The molecule has 2 aliphatic rings. The standard InChI is InChI=1S/C9H18O4.C5H9N3O4.3Ac/c1-6-8(11-3)9(12-4)7(10-2)5-13-6;6-8-7-5-4(11)3(10)2(9)1-12-5;;;/h6-9H,5H2,1-4H3;2-5,9-11H,1H2;;;/t6-,7+,8-,9-;2-,3+,4-,5-;;;/m01.../s1. The molecule has 3 N–H and O–H groups in total. The van der Waals surface area contributed by atoms with Gasteiger partial charge in [0.15, 0.2) is 6.23 Å². The van der Waals surface area contributed by atoms with Crippen molar-refractivity contribution in [2.75, 3.05) is 34.5 Å². The van der Waals surface area contributed by atoms with E-state index in [2.05, 4.69) is 10.0 Å². The molecule has 0 amide bonds. The normalized spacial score (nSPS) is 36.8. The van der Waals surface area contributed by atoms with E-state index in [1.165, 1.54) is 0 Å². The predicted molar refractivity (Wildman–Crippen MR) is 84.7 cm³/mol. The summed E-state index contributed by atoms with van der Waals surface area (Å²) in [6.07, 6.45) is -5.02. The van der Waals surface area contributed by atoms with Crippen LogP contribution in [0.5, 0.6) is 0 Å². The van der Waals surface area contributed by atoms with Gasteiger partial charge in [0.05, 0.1) is 19.3 Å². The first-order chi connectivity index (χ1) is 11.9. The predicted octanol–water partition coefficient (Wildman–Crippen LogP) is -0.814. The molecule has 2 saturated heterocycles. The molecule has 0 saturated carbocycles. The number of nitrogens with zero attached hydrogens (tertiary/aromatic N) is 3. The van der Waals surface area contributed by atoms with Gasteiger partial charge in [0.25, 0.3) is 0 Å². The maximum absolute atomic E-state index is 9.14. The van der Waals surface area contributed by atoms with E-state index < -0.39 is 24.5 Å². The Hall–Kier alpha value is 3.31. The van der Waals surface area contributed by atoms with Gasteiger partial charge in [-0.2, -0.15) is 0 Å². The first kappa shape index (κ1) is 35.9. The van der Waals surface area contributed by atoms with Gasteiger partial charge in [-0.1, -0.05) is 5.11 Å². The number of rotatable bonds is 4. The van der Waals surface area contributed by atoms with E-state index in [1.54, 1.807) is 21.3 Å². The molecule has 2 heterocycles. The number of aliphatic hydroxyl groups excluding tert-OH is 3. The molecule has 0 aromatic rings. The van der Waals surface area contributed by atoms with Crippen LogP contribution in [-0.2, 0) is 23.7 Å². The van der Waals surface area contributed by atoms with E-state index in [9.17, 15) is 0 Å². The summed E-state index contributed by atoms with van der Waals surface area (Å²) in [5, 5.41) is 30.3. The second kappa shape index (κ2) is 19.8. The van der Waals surface area contributed by atoms with Gasteiger partial charge in [0.2, 0.25) is 0 Å². The van der Waals surface area contributed by atoms with Crippen LogP contribution in [0.4, 0.5) is 0 Å². The first-order valence-corrected chi connectivity index (χ1v) is 7.81.